The van der Waals surface area contributed by atoms with Crippen LogP contribution in [0, 0.1) is 10.1 Å². The van der Waals surface area contributed by atoms with E-state index in [1.807, 2.05) is 0 Å². The van der Waals surface area contributed by atoms with E-state index in [9.17, 15) is 15.2 Å². The summed E-state index contributed by atoms with van der Waals surface area (Å²) in [5, 5.41) is 23.9. The smallest absolute Gasteiger partial charge is 0.390 e. The van der Waals surface area contributed by atoms with Gasteiger partial charge in [0.2, 0.25) is 0 Å². The lowest BCUT2D eigenvalue weighted by molar-refractivity contribution is -0.397. The summed E-state index contributed by atoms with van der Waals surface area (Å²) in [4.78, 5) is 14.1. The first kappa shape index (κ1) is 15.4. The van der Waals surface area contributed by atoms with E-state index < -0.39 is 11.0 Å². The number of ether oxygens (including phenoxy) is 1. The van der Waals surface area contributed by atoms with Gasteiger partial charge in [-0.3, -0.25) is 0 Å². The molecule has 3 atom stereocenters. The fourth-order valence-electron chi connectivity index (χ4n) is 2.09. The second-order valence-corrected chi connectivity index (χ2v) is 5.86. The Balaban J connectivity index is 1.81. The number of aromatic nitrogens is 2. The predicted octanol–water partition coefficient (Wildman–Crippen LogP) is 0.294. The van der Waals surface area contributed by atoms with Crippen molar-refractivity contribution in [2.24, 2.45) is 0 Å². The van der Waals surface area contributed by atoms with E-state index in [2.05, 4.69) is 26.2 Å². The summed E-state index contributed by atoms with van der Waals surface area (Å²) in [7, 11) is 0. The summed E-state index contributed by atoms with van der Waals surface area (Å²) in [6, 6.07) is 0.135. The summed E-state index contributed by atoms with van der Waals surface area (Å²) in [6.45, 7) is 1.79. The van der Waals surface area contributed by atoms with Gasteiger partial charge >= 0.3 is 5.95 Å². The molecule has 2 heterocycles. The van der Waals surface area contributed by atoms with Gasteiger partial charge in [0.05, 0.1) is 19.3 Å². The number of aliphatic hydroxyl groups is 1. The molecule has 1 aliphatic heterocycles. The minimum Gasteiger partial charge on any atom is -0.390 e. The first-order valence-electron chi connectivity index (χ1n) is 6.36. The van der Waals surface area contributed by atoms with Crippen LogP contribution in [0.2, 0.25) is 0 Å². The summed E-state index contributed by atoms with van der Waals surface area (Å²) in [6.07, 6.45) is 3.02. The van der Waals surface area contributed by atoms with Crippen molar-refractivity contribution in [1.82, 2.24) is 14.9 Å². The number of rotatable bonds is 6. The van der Waals surface area contributed by atoms with Crippen molar-refractivity contribution < 1.29 is 14.8 Å². The number of hydrogen-bond donors (Lipinski definition) is 2. The summed E-state index contributed by atoms with van der Waals surface area (Å²) < 4.78 is 6.69. The van der Waals surface area contributed by atoms with Gasteiger partial charge in [-0.15, -0.1) is 0 Å². The van der Waals surface area contributed by atoms with Gasteiger partial charge in [-0.25, -0.2) is 4.57 Å². The zero-order valence-electron chi connectivity index (χ0n) is 10.8. The predicted molar refractivity (Wildman–Crippen MR) is 74.8 cm³/mol. The van der Waals surface area contributed by atoms with Crippen molar-refractivity contribution in [3.8, 4) is 0 Å². The van der Waals surface area contributed by atoms with Crippen LogP contribution in [0.4, 0.5) is 5.95 Å². The second-order valence-electron chi connectivity index (χ2n) is 4.68. The zero-order valence-corrected chi connectivity index (χ0v) is 12.4. The molecule has 0 amide bonds. The Morgan fingerprint density at radius 2 is 2.55 bits per heavy atom. The fourth-order valence-corrected chi connectivity index (χ4v) is 2.62. The van der Waals surface area contributed by atoms with Crippen LogP contribution in [0.15, 0.2) is 12.4 Å². The molecular weight excluding hydrogens is 332 g/mol. The maximum Gasteiger partial charge on any atom is 0.434 e. The van der Waals surface area contributed by atoms with Gasteiger partial charge in [-0.2, -0.15) is 0 Å². The van der Waals surface area contributed by atoms with Crippen LogP contribution in [0.3, 0.4) is 0 Å². The monoisotopic (exact) mass is 348 g/mol. The molecule has 20 heavy (non-hydrogen) atoms. The molecule has 0 saturated carbocycles. The number of nitro groups is 1. The molecule has 0 unspecified atom stereocenters. The van der Waals surface area contributed by atoms with E-state index in [0.29, 0.717) is 18.0 Å². The molecular formula is C11H17BrN4O4. The number of halogens is 1. The highest BCUT2D eigenvalue weighted by Crippen LogP contribution is 2.16. The van der Waals surface area contributed by atoms with Crippen molar-refractivity contribution in [2.75, 3.05) is 19.8 Å². The molecule has 2 N–H and O–H groups in total. The van der Waals surface area contributed by atoms with Crippen LogP contribution in [0.5, 0.6) is 0 Å². The first-order valence-corrected chi connectivity index (χ1v) is 7.28. The summed E-state index contributed by atoms with van der Waals surface area (Å²) in [5.74, 6) is -0.261. The fraction of sp³-hybridized carbons (Fsp3) is 0.727. The van der Waals surface area contributed by atoms with Crippen LogP contribution < -0.4 is 5.32 Å². The number of hydrogen-bond acceptors (Lipinski definition) is 6. The first-order chi connectivity index (χ1) is 9.58. The summed E-state index contributed by atoms with van der Waals surface area (Å²) >= 11 is 3.57. The molecule has 0 bridgehead atoms. The quantitative estimate of drug-likeness (QED) is 0.435. The van der Waals surface area contributed by atoms with Gasteiger partial charge in [0.1, 0.15) is 12.4 Å². The lowest BCUT2D eigenvalue weighted by Crippen LogP contribution is -2.47. The van der Waals surface area contributed by atoms with E-state index in [4.69, 9.17) is 4.74 Å². The van der Waals surface area contributed by atoms with E-state index in [-0.39, 0.29) is 18.5 Å². The highest BCUT2D eigenvalue weighted by atomic mass is 79.9. The molecule has 1 aromatic heterocycles. The van der Waals surface area contributed by atoms with Gasteiger partial charge in [-0.05, 0) is 11.3 Å². The average molecular weight is 349 g/mol. The molecule has 112 valence electrons. The highest BCUT2D eigenvalue weighted by molar-refractivity contribution is 9.09. The van der Waals surface area contributed by atoms with Crippen molar-refractivity contribution >= 4 is 21.9 Å². The largest absolute Gasteiger partial charge is 0.434 e. The molecule has 1 saturated heterocycles. The van der Waals surface area contributed by atoms with E-state index in [1.165, 1.54) is 17.0 Å². The Labute approximate surface area is 124 Å². The Morgan fingerprint density at radius 1 is 1.75 bits per heavy atom. The van der Waals surface area contributed by atoms with Crippen LogP contribution in [-0.4, -0.2) is 56.3 Å². The van der Waals surface area contributed by atoms with Crippen molar-refractivity contribution in [2.45, 2.75) is 29.9 Å². The van der Waals surface area contributed by atoms with Gasteiger partial charge < -0.3 is 25.3 Å². The maximum absolute atomic E-state index is 10.7. The van der Waals surface area contributed by atoms with Crippen molar-refractivity contribution in [3.05, 3.63) is 22.5 Å². The Bertz CT molecular complexity index is 455. The molecule has 8 nitrogen and oxygen atoms in total. The molecule has 0 aromatic carbocycles. The lowest BCUT2D eigenvalue weighted by Gasteiger charge is -2.29. The molecule has 1 aromatic rings. The summed E-state index contributed by atoms with van der Waals surface area (Å²) in [5.41, 5.74) is 0. The van der Waals surface area contributed by atoms with E-state index >= 15 is 0 Å². The molecule has 0 radical (unpaired) electrons. The molecule has 1 fully saturated rings. The number of nitrogens with one attached hydrogen (secondary N) is 1. The van der Waals surface area contributed by atoms with Crippen LogP contribution in [-0.2, 0) is 11.3 Å². The van der Waals surface area contributed by atoms with Crippen molar-refractivity contribution in [1.29, 1.82) is 0 Å². The van der Waals surface area contributed by atoms with Crippen LogP contribution >= 0.6 is 15.9 Å². The number of nitrogens with zero attached hydrogens (tertiary/aromatic N) is 3. The van der Waals surface area contributed by atoms with Gasteiger partial charge in [0.15, 0.2) is 0 Å². The van der Waals surface area contributed by atoms with Crippen LogP contribution in [0.1, 0.15) is 6.42 Å². The van der Waals surface area contributed by atoms with Gasteiger partial charge in [0, 0.05) is 24.0 Å². The third kappa shape index (κ3) is 3.98. The number of imidazole rings is 1. The highest BCUT2D eigenvalue weighted by Gasteiger charge is 2.24. The minimum absolute atomic E-state index is 0.129. The van der Waals surface area contributed by atoms with Gasteiger partial charge in [0.25, 0.3) is 0 Å². The molecule has 2 rings (SSSR count). The second kappa shape index (κ2) is 7.11. The topological polar surface area (TPSA) is 102 Å². The van der Waals surface area contributed by atoms with Gasteiger partial charge in [-0.1, -0.05) is 20.9 Å². The zero-order chi connectivity index (χ0) is 14.5. The Morgan fingerprint density at radius 3 is 3.25 bits per heavy atom. The molecule has 9 heteroatoms. The van der Waals surface area contributed by atoms with Crippen LogP contribution in [0.25, 0.3) is 0 Å². The third-order valence-electron chi connectivity index (χ3n) is 3.15. The lowest BCUT2D eigenvalue weighted by atomic mass is 10.1. The number of alkyl halides is 1. The molecule has 1 aliphatic rings. The molecule has 0 spiro atoms. The normalized spacial score (nSPS) is 24.5. The van der Waals surface area contributed by atoms with E-state index in [0.717, 1.165) is 13.0 Å². The Hall–Kier alpha value is -1.03. The molecule has 0 aliphatic carbocycles. The van der Waals surface area contributed by atoms with E-state index in [1.54, 1.807) is 0 Å². The standard InChI is InChI=1S/C11H17BrN4O4/c12-9-1-4-20-7-10(9)14-5-8(17)6-15-3-2-13-11(15)16(18)19/h2-3,8-10,14,17H,1,4-7H2/t8-,9+,10-/m1/s1. The number of aliphatic hydroxyl groups excluding tert-OH is 1. The maximum atomic E-state index is 10.7. The SMILES string of the molecule is O=[N+]([O-])c1nccn1C[C@H](O)CN[C@@H]1COCC[C@@H]1Br. The third-order valence-corrected chi connectivity index (χ3v) is 4.25. The average Bonchev–Trinajstić information content (AvgIpc) is 2.86. The minimum atomic E-state index is -0.732. The van der Waals surface area contributed by atoms with Crippen molar-refractivity contribution in [3.63, 3.8) is 0 Å². The Kier molecular flexibility index (Phi) is 5.46.